The molecule has 0 aliphatic carbocycles. The van der Waals surface area contributed by atoms with Crippen LogP contribution < -0.4 is 15.4 Å². The van der Waals surface area contributed by atoms with E-state index in [9.17, 15) is 22.8 Å². The highest BCUT2D eigenvalue weighted by Crippen LogP contribution is 2.29. The van der Waals surface area contributed by atoms with E-state index in [1.807, 2.05) is 78.8 Å². The Hall–Kier alpha value is -3.24. The van der Waals surface area contributed by atoms with Crippen LogP contribution in [0.5, 0.6) is 0 Å². The number of nitrogens with zero attached hydrogens (tertiary/aromatic N) is 1. The van der Waals surface area contributed by atoms with Crippen molar-refractivity contribution >= 4 is 27.7 Å². The van der Waals surface area contributed by atoms with Gasteiger partial charge in [0.25, 0.3) is 0 Å². The second-order valence-corrected chi connectivity index (χ2v) is 15.4. The largest absolute Gasteiger partial charge is 0.342 e. The zero-order valence-electron chi connectivity index (χ0n) is 28.0. The number of rotatable bonds is 14. The molecule has 0 aromatic heterocycles. The third-order valence-electron chi connectivity index (χ3n) is 8.30. The van der Waals surface area contributed by atoms with E-state index in [4.69, 9.17) is 0 Å². The maximum Gasteiger partial charge on any atom is 0.245 e. The summed E-state index contributed by atoms with van der Waals surface area (Å²) in [6, 6.07) is 16.6. The molecule has 0 radical (unpaired) electrons. The fraction of sp³-hybridized carbons (Fsp3) is 0.559. The van der Waals surface area contributed by atoms with Gasteiger partial charge in [0.1, 0.15) is 6.04 Å². The predicted molar refractivity (Wildman–Crippen MR) is 176 cm³/mol. The maximum atomic E-state index is 14.1. The van der Waals surface area contributed by atoms with Crippen LogP contribution >= 0.6 is 0 Å². The first-order chi connectivity index (χ1) is 20.3. The lowest BCUT2D eigenvalue weighted by atomic mass is 9.76. The van der Waals surface area contributed by atoms with Crippen LogP contribution in [0.2, 0.25) is 0 Å². The third kappa shape index (κ3) is 9.89. The lowest BCUT2D eigenvalue weighted by Gasteiger charge is -2.40. The minimum absolute atomic E-state index is 0.0430. The van der Waals surface area contributed by atoms with Crippen LogP contribution in [-0.2, 0) is 35.6 Å². The van der Waals surface area contributed by atoms with Crippen LogP contribution in [0.1, 0.15) is 72.9 Å². The molecule has 3 amide bonds. The number of hydrogen-bond acceptors (Lipinski definition) is 6. The Bertz CT molecular complexity index is 1360. The molecule has 2 aromatic rings. The van der Waals surface area contributed by atoms with Crippen LogP contribution in [0.4, 0.5) is 0 Å². The molecule has 2 rings (SSSR count). The number of carbonyl (C=O) groups is 3. The molecule has 44 heavy (non-hydrogen) atoms. The summed E-state index contributed by atoms with van der Waals surface area (Å²) in [7, 11) is -0.483. The molecule has 9 nitrogen and oxygen atoms in total. The molecular formula is C34H52N4O5S. The molecule has 0 saturated carbocycles. The summed E-state index contributed by atoms with van der Waals surface area (Å²) in [5.41, 5.74) is 0.380. The van der Waals surface area contributed by atoms with Crippen LogP contribution in [-0.4, -0.2) is 63.3 Å². The standard InChI is InChI=1S/C34H52N4O5S/c1-23(2)27(21-24(3)30(39)37-44(42,43)22-25-17-13-11-14-18-25)38(10)32(41)29(33(4,5)6)36-31(40)28(35-9)34(7,8)26-19-15-12-16-20-26/h11-20,23-24,27-29,35H,21-22H2,1-10H3,(H,36,40)(H,37,39)/t24-,27?,28-,29-/m1/s1. The van der Waals surface area contributed by atoms with Gasteiger partial charge in [0.15, 0.2) is 0 Å². The predicted octanol–water partition coefficient (Wildman–Crippen LogP) is 4.24. The van der Waals surface area contributed by atoms with E-state index < -0.39 is 44.8 Å². The second-order valence-electron chi connectivity index (χ2n) is 13.7. The van der Waals surface area contributed by atoms with Gasteiger partial charge in [0.05, 0.1) is 11.8 Å². The molecule has 2 aromatic carbocycles. The Morgan fingerprint density at radius 3 is 1.82 bits per heavy atom. The summed E-state index contributed by atoms with van der Waals surface area (Å²) in [6.07, 6.45) is 0.248. The second kappa shape index (κ2) is 15.2. The summed E-state index contributed by atoms with van der Waals surface area (Å²) in [4.78, 5) is 42.4. The molecule has 10 heteroatoms. The van der Waals surface area contributed by atoms with Gasteiger partial charge in [-0.2, -0.15) is 0 Å². The third-order valence-corrected chi connectivity index (χ3v) is 9.53. The van der Waals surface area contributed by atoms with Crippen LogP contribution in [0, 0.1) is 17.3 Å². The Morgan fingerprint density at radius 2 is 1.34 bits per heavy atom. The normalized spacial score (nSPS) is 15.2. The summed E-state index contributed by atoms with van der Waals surface area (Å²) in [5.74, 6) is -2.22. The highest BCUT2D eigenvalue weighted by molar-refractivity contribution is 7.89. The Kier molecular flexibility index (Phi) is 12.7. The molecule has 1 unspecified atom stereocenters. The van der Waals surface area contributed by atoms with Crippen molar-refractivity contribution in [2.75, 3.05) is 14.1 Å². The molecule has 0 saturated heterocycles. The van der Waals surface area contributed by atoms with Gasteiger partial charge in [-0.25, -0.2) is 8.42 Å². The van der Waals surface area contributed by atoms with Crippen molar-refractivity contribution < 1.29 is 22.8 Å². The summed E-state index contributed by atoms with van der Waals surface area (Å²) in [5, 5.41) is 6.19. The van der Waals surface area contributed by atoms with E-state index in [2.05, 4.69) is 15.4 Å². The van der Waals surface area contributed by atoms with E-state index in [-0.39, 0.29) is 35.9 Å². The van der Waals surface area contributed by atoms with Crippen LogP contribution in [0.15, 0.2) is 60.7 Å². The van der Waals surface area contributed by atoms with Crippen molar-refractivity contribution in [3.8, 4) is 0 Å². The molecule has 0 fully saturated rings. The Balaban J connectivity index is 2.22. The van der Waals surface area contributed by atoms with Gasteiger partial charge in [0, 0.05) is 24.4 Å². The van der Waals surface area contributed by atoms with Crippen LogP contribution in [0.25, 0.3) is 0 Å². The minimum atomic E-state index is -3.89. The average molecular weight is 629 g/mol. The number of hydrogen-bond donors (Lipinski definition) is 3. The highest BCUT2D eigenvalue weighted by atomic mass is 32.2. The Labute approximate surface area is 264 Å². The lowest BCUT2D eigenvalue weighted by molar-refractivity contribution is -0.142. The van der Waals surface area contributed by atoms with Gasteiger partial charge in [0.2, 0.25) is 27.7 Å². The van der Waals surface area contributed by atoms with E-state index in [0.717, 1.165) is 5.56 Å². The summed E-state index contributed by atoms with van der Waals surface area (Å²) >= 11 is 0. The van der Waals surface area contributed by atoms with E-state index >= 15 is 0 Å². The number of nitrogens with one attached hydrogen (secondary N) is 3. The van der Waals surface area contributed by atoms with Crippen molar-refractivity contribution in [1.82, 2.24) is 20.3 Å². The van der Waals surface area contributed by atoms with Gasteiger partial charge < -0.3 is 15.5 Å². The molecule has 3 N–H and O–H groups in total. The molecule has 4 atom stereocenters. The molecule has 0 aliphatic rings. The number of sulfonamides is 1. The molecule has 0 spiro atoms. The van der Waals surface area contributed by atoms with Crippen molar-refractivity contribution in [3.05, 3.63) is 71.8 Å². The number of amides is 3. The van der Waals surface area contributed by atoms with Crippen molar-refractivity contribution in [2.24, 2.45) is 17.3 Å². The van der Waals surface area contributed by atoms with Gasteiger partial charge >= 0.3 is 0 Å². The van der Waals surface area contributed by atoms with Gasteiger partial charge in [-0.1, -0.05) is 116 Å². The first-order valence-corrected chi connectivity index (χ1v) is 16.8. The zero-order valence-corrected chi connectivity index (χ0v) is 28.8. The highest BCUT2D eigenvalue weighted by Gasteiger charge is 2.42. The van der Waals surface area contributed by atoms with Gasteiger partial charge in [-0.15, -0.1) is 0 Å². The fourth-order valence-electron chi connectivity index (χ4n) is 5.53. The minimum Gasteiger partial charge on any atom is -0.342 e. The maximum absolute atomic E-state index is 14.1. The Morgan fingerprint density at radius 1 is 0.818 bits per heavy atom. The lowest BCUT2D eigenvalue weighted by Crippen LogP contribution is -2.61. The molecule has 0 bridgehead atoms. The quantitative estimate of drug-likeness (QED) is 0.288. The van der Waals surface area contributed by atoms with Crippen molar-refractivity contribution in [3.63, 3.8) is 0 Å². The number of carbonyl (C=O) groups excluding carboxylic acids is 3. The van der Waals surface area contributed by atoms with E-state index in [1.54, 1.807) is 56.3 Å². The molecular weight excluding hydrogens is 576 g/mol. The van der Waals surface area contributed by atoms with Crippen molar-refractivity contribution in [2.45, 2.75) is 91.1 Å². The van der Waals surface area contributed by atoms with Crippen LogP contribution in [0.3, 0.4) is 0 Å². The van der Waals surface area contributed by atoms with E-state index in [1.165, 1.54) is 0 Å². The first-order valence-electron chi connectivity index (χ1n) is 15.2. The van der Waals surface area contributed by atoms with Gasteiger partial charge in [-0.3, -0.25) is 19.1 Å². The van der Waals surface area contributed by atoms with Gasteiger partial charge in [-0.05, 0) is 35.9 Å². The first kappa shape index (κ1) is 36.9. The summed E-state index contributed by atoms with van der Waals surface area (Å²) in [6.45, 7) is 15.3. The summed E-state index contributed by atoms with van der Waals surface area (Å²) < 4.78 is 27.6. The smallest absolute Gasteiger partial charge is 0.245 e. The fourth-order valence-corrected chi connectivity index (χ4v) is 6.74. The SMILES string of the molecule is CN[C@H](C(=O)N[C@H](C(=O)N(C)C(C[C@@H](C)C(=O)NS(=O)(=O)Cc1ccccc1)C(C)C)C(C)(C)C)C(C)(C)c1ccccc1. The molecule has 0 heterocycles. The monoisotopic (exact) mass is 628 g/mol. The van der Waals surface area contributed by atoms with E-state index in [0.29, 0.717) is 5.56 Å². The zero-order chi connectivity index (χ0) is 33.5. The topological polar surface area (TPSA) is 125 Å². The number of likely N-dealkylation sites (N-methyl/N-ethyl adjacent to an activating group) is 2. The molecule has 244 valence electrons. The molecule has 0 aliphatic heterocycles. The number of benzene rings is 2. The van der Waals surface area contributed by atoms with Crippen molar-refractivity contribution in [1.29, 1.82) is 0 Å². The average Bonchev–Trinajstić information content (AvgIpc) is 2.93.